The van der Waals surface area contributed by atoms with E-state index in [1.165, 1.54) is 25.7 Å². The topological polar surface area (TPSA) is 121 Å². The molecule has 1 aromatic rings. The molecule has 9 nitrogen and oxygen atoms in total. The standard InChI is InChI=1S/C25H31NO8/c1-5-9-26-23(30)34-17-11-16(21(28)31-4)24(2)8-6-15-22(29)33-18(14-7-10-32-13-14)12-25(15,3)20(24)19(17)27/h5,7,10,13,15-18,20H,1,6,8-9,11-12H2,2-4H3,(H,26,30)/t15-,16-,17+,18+,20+,24-,25-/m0/s1. The van der Waals surface area contributed by atoms with Gasteiger partial charge in [-0.3, -0.25) is 14.4 Å². The molecule has 0 bridgehead atoms. The largest absolute Gasteiger partial charge is 0.472 e. The number of amides is 1. The molecule has 0 unspecified atom stereocenters. The maximum Gasteiger partial charge on any atom is 0.408 e. The molecule has 9 heteroatoms. The van der Waals surface area contributed by atoms with E-state index in [9.17, 15) is 19.2 Å². The van der Waals surface area contributed by atoms with Crippen molar-refractivity contribution in [2.24, 2.45) is 28.6 Å². The number of ketones is 1. The molecule has 1 saturated heterocycles. The lowest BCUT2D eigenvalue weighted by atomic mass is 9.43. The molecule has 0 radical (unpaired) electrons. The molecule has 1 N–H and O–H groups in total. The molecule has 2 aliphatic carbocycles. The number of Topliss-reactive ketones (excluding diaryl/α,β-unsaturated/α-hetero) is 1. The van der Waals surface area contributed by atoms with E-state index in [4.69, 9.17) is 18.6 Å². The van der Waals surface area contributed by atoms with E-state index in [2.05, 4.69) is 11.9 Å². The number of methoxy groups -OCH3 is 1. The maximum atomic E-state index is 13.9. The van der Waals surface area contributed by atoms with Gasteiger partial charge < -0.3 is 23.9 Å². The van der Waals surface area contributed by atoms with Crippen LogP contribution in [0.2, 0.25) is 0 Å². The zero-order chi connectivity index (χ0) is 24.7. The Morgan fingerprint density at radius 1 is 1.29 bits per heavy atom. The smallest absolute Gasteiger partial charge is 0.408 e. The highest BCUT2D eigenvalue weighted by molar-refractivity contribution is 5.93. The van der Waals surface area contributed by atoms with Gasteiger partial charge in [0.25, 0.3) is 0 Å². The van der Waals surface area contributed by atoms with E-state index in [1.54, 1.807) is 6.07 Å². The first kappa shape index (κ1) is 24.0. The highest BCUT2D eigenvalue weighted by Crippen LogP contribution is 2.65. The van der Waals surface area contributed by atoms with E-state index >= 15 is 0 Å². The van der Waals surface area contributed by atoms with Crippen LogP contribution in [0, 0.1) is 28.6 Å². The molecule has 0 aromatic carbocycles. The SMILES string of the molecule is C=CCNC(=O)O[C@@H]1C[C@@H](C(=O)OC)[C@]2(C)CC[C@H]3C(=O)O[C@@H](c4ccoc4)C[C@]3(C)[C@@H]2C1=O. The average Bonchev–Trinajstić information content (AvgIpc) is 3.33. The van der Waals surface area contributed by atoms with E-state index in [0.29, 0.717) is 24.8 Å². The highest BCUT2D eigenvalue weighted by atomic mass is 16.6. The normalized spacial score (nSPS) is 37.0. The van der Waals surface area contributed by atoms with Gasteiger partial charge in [-0.25, -0.2) is 4.79 Å². The average molecular weight is 474 g/mol. The van der Waals surface area contributed by atoms with E-state index in [0.717, 1.165) is 0 Å². The number of hydrogen-bond donors (Lipinski definition) is 1. The van der Waals surface area contributed by atoms with Crippen LogP contribution in [-0.4, -0.2) is 43.6 Å². The van der Waals surface area contributed by atoms with Gasteiger partial charge in [0.15, 0.2) is 11.9 Å². The molecule has 3 fully saturated rings. The van der Waals surface area contributed by atoms with Crippen molar-refractivity contribution in [2.75, 3.05) is 13.7 Å². The van der Waals surface area contributed by atoms with Gasteiger partial charge in [-0.05, 0) is 36.2 Å². The predicted molar refractivity (Wildman–Crippen MR) is 118 cm³/mol. The minimum atomic E-state index is -1.13. The van der Waals surface area contributed by atoms with Crippen molar-refractivity contribution in [1.29, 1.82) is 0 Å². The van der Waals surface area contributed by atoms with Crippen LogP contribution >= 0.6 is 0 Å². The Morgan fingerprint density at radius 3 is 2.71 bits per heavy atom. The minimum Gasteiger partial charge on any atom is -0.472 e. The van der Waals surface area contributed by atoms with Gasteiger partial charge >= 0.3 is 18.0 Å². The number of ether oxygens (including phenoxy) is 3. The van der Waals surface area contributed by atoms with E-state index < -0.39 is 52.9 Å². The maximum absolute atomic E-state index is 13.9. The summed E-state index contributed by atoms with van der Waals surface area (Å²) in [4.78, 5) is 52.3. The van der Waals surface area contributed by atoms with E-state index in [1.807, 2.05) is 13.8 Å². The van der Waals surface area contributed by atoms with Crippen LogP contribution in [0.3, 0.4) is 0 Å². The van der Waals surface area contributed by atoms with Gasteiger partial charge in [-0.15, -0.1) is 6.58 Å². The number of rotatable bonds is 5. The Balaban J connectivity index is 1.74. The first-order valence-corrected chi connectivity index (χ1v) is 11.5. The fourth-order valence-electron chi connectivity index (χ4n) is 6.59. The first-order valence-electron chi connectivity index (χ1n) is 11.5. The van der Waals surface area contributed by atoms with Crippen LogP contribution in [0.5, 0.6) is 0 Å². The van der Waals surface area contributed by atoms with Crippen molar-refractivity contribution in [3.8, 4) is 0 Å². The Kier molecular flexibility index (Phi) is 6.31. The quantitative estimate of drug-likeness (QED) is 0.393. The third kappa shape index (κ3) is 3.80. The fourth-order valence-corrected chi connectivity index (χ4v) is 6.59. The van der Waals surface area contributed by atoms with Crippen LogP contribution in [0.4, 0.5) is 4.79 Å². The first-order chi connectivity index (χ1) is 16.2. The lowest BCUT2D eigenvalue weighted by molar-refractivity contribution is -0.207. The van der Waals surface area contributed by atoms with Crippen LogP contribution in [-0.2, 0) is 28.6 Å². The molecule has 2 saturated carbocycles. The van der Waals surface area contributed by atoms with Crippen LogP contribution < -0.4 is 5.32 Å². The van der Waals surface area contributed by atoms with Gasteiger partial charge in [0.05, 0.1) is 31.5 Å². The van der Waals surface area contributed by atoms with Gasteiger partial charge in [-0.1, -0.05) is 19.9 Å². The van der Waals surface area contributed by atoms with Crippen LogP contribution in [0.1, 0.15) is 51.2 Å². The Labute approximate surface area is 198 Å². The third-order valence-electron chi connectivity index (χ3n) is 8.14. The number of hydrogen-bond acceptors (Lipinski definition) is 8. The zero-order valence-electron chi connectivity index (χ0n) is 19.7. The second kappa shape index (κ2) is 8.92. The third-order valence-corrected chi connectivity index (χ3v) is 8.14. The molecule has 184 valence electrons. The van der Waals surface area contributed by atoms with Crippen LogP contribution in [0.15, 0.2) is 35.7 Å². The second-order valence-corrected chi connectivity index (χ2v) is 10.00. The van der Waals surface area contributed by atoms with Crippen LogP contribution in [0.25, 0.3) is 0 Å². The summed E-state index contributed by atoms with van der Waals surface area (Å²) in [7, 11) is 1.31. The van der Waals surface area contributed by atoms with Gasteiger partial charge in [0, 0.05) is 24.4 Å². The minimum absolute atomic E-state index is 0.0381. The highest BCUT2D eigenvalue weighted by Gasteiger charge is 2.67. The molecule has 7 atom stereocenters. The summed E-state index contributed by atoms with van der Waals surface area (Å²) >= 11 is 0. The van der Waals surface area contributed by atoms with Gasteiger partial charge in [0.1, 0.15) is 6.10 Å². The Bertz CT molecular complexity index is 987. The number of fused-ring (bicyclic) bond motifs is 3. The molecule has 34 heavy (non-hydrogen) atoms. The number of carbonyl (C=O) groups is 4. The van der Waals surface area contributed by atoms with Crippen molar-refractivity contribution >= 4 is 23.8 Å². The summed E-state index contributed by atoms with van der Waals surface area (Å²) in [5.41, 5.74) is -0.858. The summed E-state index contributed by atoms with van der Waals surface area (Å²) in [6, 6.07) is 1.74. The van der Waals surface area contributed by atoms with Crippen molar-refractivity contribution < 1.29 is 37.8 Å². The fraction of sp³-hybridized carbons (Fsp3) is 0.600. The number of cyclic esters (lactones) is 1. The van der Waals surface area contributed by atoms with Gasteiger partial charge in [0.2, 0.25) is 0 Å². The Hall–Kier alpha value is -3.10. The summed E-state index contributed by atoms with van der Waals surface area (Å²) in [5, 5.41) is 2.51. The zero-order valence-corrected chi connectivity index (χ0v) is 19.7. The molecule has 0 spiro atoms. The summed E-state index contributed by atoms with van der Waals surface area (Å²) < 4.78 is 21.5. The summed E-state index contributed by atoms with van der Waals surface area (Å²) in [6.45, 7) is 7.56. The molecule has 1 aliphatic heterocycles. The number of nitrogens with one attached hydrogen (secondary N) is 1. The molecule has 3 aliphatic rings. The summed E-state index contributed by atoms with van der Waals surface area (Å²) in [5.74, 6) is -2.98. The predicted octanol–water partition coefficient (Wildman–Crippen LogP) is 3.35. The second-order valence-electron chi connectivity index (χ2n) is 10.00. The molecule has 2 heterocycles. The molecular weight excluding hydrogens is 442 g/mol. The van der Waals surface area contributed by atoms with E-state index in [-0.39, 0.29) is 24.7 Å². The van der Waals surface area contributed by atoms with Crippen molar-refractivity contribution in [3.05, 3.63) is 36.8 Å². The van der Waals surface area contributed by atoms with Gasteiger partial charge in [-0.2, -0.15) is 0 Å². The number of furan rings is 1. The van der Waals surface area contributed by atoms with Crippen molar-refractivity contribution in [3.63, 3.8) is 0 Å². The number of carbonyl (C=O) groups excluding carboxylic acids is 4. The Morgan fingerprint density at radius 2 is 2.06 bits per heavy atom. The summed E-state index contributed by atoms with van der Waals surface area (Å²) in [6.07, 6.45) is 3.46. The van der Waals surface area contributed by atoms with Crippen molar-refractivity contribution in [1.82, 2.24) is 5.32 Å². The lowest BCUT2D eigenvalue weighted by Crippen LogP contribution is -2.65. The number of alkyl carbamates (subject to hydrolysis) is 1. The monoisotopic (exact) mass is 473 g/mol. The lowest BCUT2D eigenvalue weighted by Gasteiger charge is -2.60. The molecule has 1 aromatic heterocycles. The molecule has 1 amide bonds. The van der Waals surface area contributed by atoms with Crippen molar-refractivity contribution in [2.45, 2.75) is 51.7 Å². The number of esters is 2. The molecular formula is C25H31NO8. The molecule has 4 rings (SSSR count).